The quantitative estimate of drug-likeness (QED) is 0.0920. The van der Waals surface area contributed by atoms with Crippen LogP contribution in [0.2, 0.25) is 0 Å². The molecule has 0 aromatic heterocycles. The van der Waals surface area contributed by atoms with Crippen LogP contribution in [0.25, 0.3) is 0 Å². The minimum Gasteiger partial charge on any atom is -0.455 e. The molecule has 232 valence electrons. The first-order chi connectivity index (χ1) is 19.2. The van der Waals surface area contributed by atoms with Crippen molar-refractivity contribution in [3.05, 3.63) is 12.2 Å². The highest BCUT2D eigenvalue weighted by Gasteiger charge is 2.38. The zero-order chi connectivity index (χ0) is 29.8. The molecule has 40 heavy (non-hydrogen) atoms. The summed E-state index contributed by atoms with van der Waals surface area (Å²) in [6.45, 7) is 6.65. The second-order valence-corrected chi connectivity index (χ2v) is 11.4. The van der Waals surface area contributed by atoms with Crippen LogP contribution in [0, 0.1) is 5.92 Å². The van der Waals surface area contributed by atoms with E-state index in [0.717, 1.165) is 32.1 Å². The van der Waals surface area contributed by atoms with E-state index in [9.17, 15) is 24.6 Å². The van der Waals surface area contributed by atoms with Crippen molar-refractivity contribution < 1.29 is 34.1 Å². The van der Waals surface area contributed by atoms with E-state index in [0.29, 0.717) is 19.4 Å². The molecular weight excluding hydrogens is 512 g/mol. The number of rotatable bonds is 21. The van der Waals surface area contributed by atoms with Gasteiger partial charge in [-0.05, 0) is 37.7 Å². The second kappa shape index (κ2) is 21.7. The van der Waals surface area contributed by atoms with E-state index < -0.39 is 42.3 Å². The summed E-state index contributed by atoms with van der Waals surface area (Å²) in [5, 5.41) is 27.2. The summed E-state index contributed by atoms with van der Waals surface area (Å²) >= 11 is 0. The van der Waals surface area contributed by atoms with Crippen LogP contribution < -0.4 is 10.6 Å². The minimum atomic E-state index is -1.68. The van der Waals surface area contributed by atoms with Gasteiger partial charge in [0.05, 0.1) is 0 Å². The molecule has 1 fully saturated rings. The van der Waals surface area contributed by atoms with Gasteiger partial charge in [-0.15, -0.1) is 0 Å². The standard InChI is InChI=1S/C31H56N2O7/c1-5-6-7-8-9-10-11-12-13-14-15-19-26(34)40-25(21-20-23(2)3)27(35)28(36)29(39-4)31(38)33-24-18-16-17-22-32-30(24)37/h20-21,23-25,27-29,35-36H,5-19,22H2,1-4H3,(H,32,37)(H,33,38)/b21-20+. The lowest BCUT2D eigenvalue weighted by Crippen LogP contribution is -2.55. The molecule has 0 aromatic rings. The number of esters is 1. The summed E-state index contributed by atoms with van der Waals surface area (Å²) in [6.07, 6.45) is 12.6. The molecule has 1 heterocycles. The van der Waals surface area contributed by atoms with E-state index in [1.54, 1.807) is 12.2 Å². The zero-order valence-corrected chi connectivity index (χ0v) is 25.4. The Bertz CT molecular complexity index is 743. The summed E-state index contributed by atoms with van der Waals surface area (Å²) in [6, 6.07) is -0.739. The number of methoxy groups -OCH3 is 1. The summed E-state index contributed by atoms with van der Waals surface area (Å²) in [5.41, 5.74) is 0. The van der Waals surface area contributed by atoms with E-state index in [1.165, 1.54) is 52.1 Å². The molecule has 1 aliphatic rings. The Hall–Kier alpha value is -1.97. The SMILES string of the molecule is CCCCCCCCCCCCCC(=O)OC(/C=C/C(C)C)C(O)C(O)C(OC)C(=O)NC1CCCCNC1=O. The van der Waals surface area contributed by atoms with Crippen LogP contribution in [0.5, 0.6) is 0 Å². The number of aliphatic hydroxyl groups is 2. The second-order valence-electron chi connectivity index (χ2n) is 11.4. The lowest BCUT2D eigenvalue weighted by molar-refractivity contribution is -0.164. The van der Waals surface area contributed by atoms with Crippen molar-refractivity contribution in [1.82, 2.24) is 10.6 Å². The lowest BCUT2D eigenvalue weighted by atomic mass is 10.00. The Balaban J connectivity index is 2.57. The van der Waals surface area contributed by atoms with Gasteiger partial charge in [0.1, 0.15) is 24.4 Å². The Morgan fingerprint density at radius 2 is 1.55 bits per heavy atom. The largest absolute Gasteiger partial charge is 0.455 e. The predicted octanol–water partition coefficient (Wildman–Crippen LogP) is 4.33. The van der Waals surface area contributed by atoms with Crippen molar-refractivity contribution in [3.63, 3.8) is 0 Å². The number of unbranched alkanes of at least 4 members (excludes halogenated alkanes) is 10. The van der Waals surface area contributed by atoms with E-state index >= 15 is 0 Å². The van der Waals surface area contributed by atoms with E-state index in [2.05, 4.69) is 17.6 Å². The average Bonchev–Trinajstić information content (AvgIpc) is 3.13. The number of hydrogen-bond acceptors (Lipinski definition) is 7. The highest BCUT2D eigenvalue weighted by molar-refractivity contribution is 5.89. The molecule has 0 radical (unpaired) electrons. The number of hydrogen-bond donors (Lipinski definition) is 4. The summed E-state index contributed by atoms with van der Waals surface area (Å²) in [4.78, 5) is 37.7. The molecule has 1 aliphatic heterocycles. The smallest absolute Gasteiger partial charge is 0.306 e. The summed E-state index contributed by atoms with van der Waals surface area (Å²) < 4.78 is 10.8. The molecule has 0 spiro atoms. The zero-order valence-electron chi connectivity index (χ0n) is 25.4. The average molecular weight is 569 g/mol. The van der Waals surface area contributed by atoms with Crippen LogP contribution in [-0.4, -0.2) is 72.1 Å². The van der Waals surface area contributed by atoms with Gasteiger partial charge in [0.25, 0.3) is 5.91 Å². The van der Waals surface area contributed by atoms with Crippen LogP contribution >= 0.6 is 0 Å². The van der Waals surface area contributed by atoms with Gasteiger partial charge < -0.3 is 30.3 Å². The molecule has 9 heteroatoms. The topological polar surface area (TPSA) is 134 Å². The molecule has 0 aromatic carbocycles. The van der Waals surface area contributed by atoms with Crippen molar-refractivity contribution in [2.24, 2.45) is 5.92 Å². The van der Waals surface area contributed by atoms with E-state index in [-0.39, 0.29) is 18.2 Å². The molecule has 5 atom stereocenters. The van der Waals surface area contributed by atoms with Crippen LogP contribution in [-0.2, 0) is 23.9 Å². The molecule has 0 saturated carbocycles. The highest BCUT2D eigenvalue weighted by atomic mass is 16.6. The third-order valence-electron chi connectivity index (χ3n) is 7.30. The number of ether oxygens (including phenoxy) is 2. The lowest BCUT2D eigenvalue weighted by Gasteiger charge is -2.30. The first-order valence-corrected chi connectivity index (χ1v) is 15.6. The molecular formula is C31H56N2O7. The van der Waals surface area contributed by atoms with Crippen LogP contribution in [0.1, 0.15) is 117 Å². The Morgan fingerprint density at radius 3 is 2.12 bits per heavy atom. The number of amides is 2. The van der Waals surface area contributed by atoms with Crippen LogP contribution in [0.4, 0.5) is 0 Å². The number of allylic oxidation sites excluding steroid dienone is 1. The van der Waals surface area contributed by atoms with Crippen LogP contribution in [0.3, 0.4) is 0 Å². The van der Waals surface area contributed by atoms with Crippen molar-refractivity contribution in [2.45, 2.75) is 148 Å². The van der Waals surface area contributed by atoms with E-state index in [1.807, 2.05) is 13.8 Å². The molecule has 9 nitrogen and oxygen atoms in total. The molecule has 5 unspecified atom stereocenters. The van der Waals surface area contributed by atoms with Crippen molar-refractivity contribution >= 4 is 17.8 Å². The van der Waals surface area contributed by atoms with Crippen molar-refractivity contribution in [2.75, 3.05) is 13.7 Å². The fourth-order valence-electron chi connectivity index (χ4n) is 4.80. The first kappa shape index (κ1) is 36.1. The highest BCUT2D eigenvalue weighted by Crippen LogP contribution is 2.17. The van der Waals surface area contributed by atoms with Gasteiger partial charge in [-0.25, -0.2) is 0 Å². The molecule has 4 N–H and O–H groups in total. The fraction of sp³-hybridized carbons (Fsp3) is 0.839. The number of carbonyl (C=O) groups excluding carboxylic acids is 3. The van der Waals surface area contributed by atoms with Gasteiger partial charge in [0.15, 0.2) is 6.10 Å². The Kier molecular flexibility index (Phi) is 19.6. The first-order valence-electron chi connectivity index (χ1n) is 15.6. The maximum Gasteiger partial charge on any atom is 0.306 e. The molecule has 1 saturated heterocycles. The van der Waals surface area contributed by atoms with Gasteiger partial charge in [-0.3, -0.25) is 14.4 Å². The van der Waals surface area contributed by atoms with Gasteiger partial charge in [0.2, 0.25) is 5.91 Å². The van der Waals surface area contributed by atoms with Crippen molar-refractivity contribution in [1.29, 1.82) is 0 Å². The summed E-state index contributed by atoms with van der Waals surface area (Å²) in [5.74, 6) is -1.35. The maximum absolute atomic E-state index is 12.9. The van der Waals surface area contributed by atoms with Gasteiger partial charge in [-0.2, -0.15) is 0 Å². The van der Waals surface area contributed by atoms with E-state index in [4.69, 9.17) is 9.47 Å². The van der Waals surface area contributed by atoms with Gasteiger partial charge >= 0.3 is 5.97 Å². The van der Waals surface area contributed by atoms with Crippen molar-refractivity contribution in [3.8, 4) is 0 Å². The summed E-state index contributed by atoms with van der Waals surface area (Å²) in [7, 11) is 1.24. The number of carbonyl (C=O) groups is 3. The molecule has 0 aliphatic carbocycles. The van der Waals surface area contributed by atoms with Crippen LogP contribution in [0.15, 0.2) is 12.2 Å². The Labute approximate surface area is 241 Å². The minimum absolute atomic E-state index is 0.118. The number of nitrogens with one attached hydrogen (secondary N) is 2. The molecule has 1 rings (SSSR count). The maximum atomic E-state index is 12.9. The normalized spacial score (nSPS) is 19.1. The van der Waals surface area contributed by atoms with Gasteiger partial charge in [-0.1, -0.05) is 91.1 Å². The Morgan fingerprint density at radius 1 is 0.950 bits per heavy atom. The van der Waals surface area contributed by atoms with Gasteiger partial charge in [0, 0.05) is 20.1 Å². The third kappa shape index (κ3) is 15.1. The molecule has 2 amide bonds. The molecule has 0 bridgehead atoms. The third-order valence-corrected chi connectivity index (χ3v) is 7.30. The monoisotopic (exact) mass is 568 g/mol. The number of aliphatic hydroxyl groups excluding tert-OH is 2. The fourth-order valence-corrected chi connectivity index (χ4v) is 4.80. The predicted molar refractivity (Wildman–Crippen MR) is 157 cm³/mol.